The average molecular weight is 193 g/mol. The van der Waals surface area contributed by atoms with Crippen molar-refractivity contribution in [1.29, 1.82) is 0 Å². The van der Waals surface area contributed by atoms with E-state index in [2.05, 4.69) is 4.99 Å². The van der Waals surface area contributed by atoms with Crippen molar-refractivity contribution in [3.05, 3.63) is 22.1 Å². The van der Waals surface area contributed by atoms with Crippen LogP contribution in [0.4, 0.5) is 0 Å². The van der Waals surface area contributed by atoms with Crippen LogP contribution in [0.1, 0.15) is 0 Å². The van der Waals surface area contributed by atoms with E-state index < -0.39 is 22.4 Å². The van der Waals surface area contributed by atoms with Crippen molar-refractivity contribution in [2.75, 3.05) is 0 Å². The van der Waals surface area contributed by atoms with E-state index in [4.69, 9.17) is 22.4 Å². The standard InChI is InChI=1S/C4H5ClN4O3/c5-2-1-3(10)7-4(6)8(2)9(11)12/h1-2,10H,(H2,6,7). The van der Waals surface area contributed by atoms with Gasteiger partial charge in [-0.25, -0.2) is 10.1 Å². The van der Waals surface area contributed by atoms with Crippen molar-refractivity contribution in [1.82, 2.24) is 5.01 Å². The van der Waals surface area contributed by atoms with Gasteiger partial charge in [-0.1, -0.05) is 11.6 Å². The van der Waals surface area contributed by atoms with Crippen molar-refractivity contribution in [3.63, 3.8) is 0 Å². The molecule has 1 unspecified atom stereocenters. The third kappa shape index (κ3) is 1.40. The Morgan fingerprint density at radius 1 is 1.92 bits per heavy atom. The first-order valence-electron chi connectivity index (χ1n) is 2.85. The lowest BCUT2D eigenvalue weighted by Crippen LogP contribution is -2.47. The summed E-state index contributed by atoms with van der Waals surface area (Å²) in [5.41, 5.74) is 4.00. The second kappa shape index (κ2) is 2.86. The summed E-state index contributed by atoms with van der Waals surface area (Å²) in [5, 5.41) is 18.7. The number of alkyl halides is 1. The van der Waals surface area contributed by atoms with E-state index in [0.29, 0.717) is 5.01 Å². The molecule has 66 valence electrons. The largest absolute Gasteiger partial charge is 0.493 e. The van der Waals surface area contributed by atoms with Gasteiger partial charge in [-0.3, -0.25) is 0 Å². The van der Waals surface area contributed by atoms with Gasteiger partial charge in [0.1, 0.15) is 0 Å². The first kappa shape index (κ1) is 8.60. The lowest BCUT2D eigenvalue weighted by atomic mass is 10.5. The Kier molecular flexibility index (Phi) is 2.05. The number of aliphatic hydroxyl groups excluding tert-OH is 1. The van der Waals surface area contributed by atoms with Crippen LogP contribution in [-0.4, -0.2) is 26.6 Å². The van der Waals surface area contributed by atoms with Gasteiger partial charge in [0.15, 0.2) is 10.5 Å². The summed E-state index contributed by atoms with van der Waals surface area (Å²) >= 11 is 5.45. The summed E-state index contributed by atoms with van der Waals surface area (Å²) in [6.07, 6.45) is 1.00. The molecule has 0 amide bonds. The Bertz CT molecular complexity index is 275. The zero-order valence-corrected chi connectivity index (χ0v) is 6.47. The molecule has 0 aliphatic carbocycles. The molecular weight excluding hydrogens is 188 g/mol. The Morgan fingerprint density at radius 2 is 2.50 bits per heavy atom. The number of hydrogen-bond acceptors (Lipinski definition) is 5. The number of aliphatic hydroxyl groups is 1. The molecule has 0 radical (unpaired) electrons. The SMILES string of the molecule is NC1=NC(O)=CC(Cl)N1[N+](=O)[O-]. The van der Waals surface area contributed by atoms with Gasteiger partial charge in [0.25, 0.3) is 5.96 Å². The summed E-state index contributed by atoms with van der Waals surface area (Å²) in [7, 11) is 0. The summed E-state index contributed by atoms with van der Waals surface area (Å²) < 4.78 is 0. The molecule has 0 spiro atoms. The lowest BCUT2D eigenvalue weighted by molar-refractivity contribution is -0.631. The van der Waals surface area contributed by atoms with Crippen molar-refractivity contribution in [3.8, 4) is 0 Å². The van der Waals surface area contributed by atoms with Gasteiger partial charge in [0, 0.05) is 6.08 Å². The van der Waals surface area contributed by atoms with Crippen LogP contribution >= 0.6 is 11.6 Å². The van der Waals surface area contributed by atoms with Crippen LogP contribution in [0, 0.1) is 10.1 Å². The predicted octanol–water partition coefficient (Wildman–Crippen LogP) is -0.227. The molecule has 7 nitrogen and oxygen atoms in total. The molecule has 1 rings (SSSR count). The molecule has 0 aromatic carbocycles. The number of nitrogens with zero attached hydrogens (tertiary/aromatic N) is 3. The number of rotatable bonds is 1. The quantitative estimate of drug-likeness (QED) is 0.258. The Labute approximate surface area is 71.9 Å². The molecular formula is C4H5ClN4O3. The Morgan fingerprint density at radius 3 is 2.92 bits per heavy atom. The van der Waals surface area contributed by atoms with E-state index in [1.165, 1.54) is 0 Å². The maximum atomic E-state index is 10.3. The van der Waals surface area contributed by atoms with Gasteiger partial charge in [-0.2, -0.15) is 4.99 Å². The smallest absolute Gasteiger partial charge is 0.264 e. The van der Waals surface area contributed by atoms with Crippen molar-refractivity contribution in [2.45, 2.75) is 5.50 Å². The number of halogens is 1. The molecule has 0 saturated heterocycles. The molecule has 0 fully saturated rings. The fourth-order valence-corrected chi connectivity index (χ4v) is 0.983. The van der Waals surface area contributed by atoms with Gasteiger partial charge in [0.2, 0.25) is 5.88 Å². The van der Waals surface area contributed by atoms with Crippen LogP contribution < -0.4 is 5.73 Å². The number of hydrazine groups is 1. The highest BCUT2D eigenvalue weighted by molar-refractivity contribution is 6.22. The highest BCUT2D eigenvalue weighted by Crippen LogP contribution is 2.13. The lowest BCUT2D eigenvalue weighted by Gasteiger charge is -2.18. The molecule has 1 aliphatic heterocycles. The van der Waals surface area contributed by atoms with Gasteiger partial charge >= 0.3 is 0 Å². The molecule has 0 bridgehead atoms. The third-order valence-corrected chi connectivity index (χ3v) is 1.47. The molecule has 1 atom stereocenters. The highest BCUT2D eigenvalue weighted by Gasteiger charge is 2.31. The van der Waals surface area contributed by atoms with E-state index in [0.717, 1.165) is 6.08 Å². The number of nitrogens with two attached hydrogens (primary N) is 1. The maximum Gasteiger partial charge on any atom is 0.264 e. The van der Waals surface area contributed by atoms with Gasteiger partial charge in [-0.05, 0) is 5.01 Å². The second-order valence-electron chi connectivity index (χ2n) is 1.95. The summed E-state index contributed by atoms with van der Waals surface area (Å²) in [6.45, 7) is 0. The van der Waals surface area contributed by atoms with Gasteiger partial charge in [-0.15, -0.1) is 0 Å². The normalized spacial score (nSPS) is 23.1. The van der Waals surface area contributed by atoms with E-state index in [1.54, 1.807) is 0 Å². The minimum absolute atomic E-state index is 0.425. The van der Waals surface area contributed by atoms with Crippen molar-refractivity contribution < 1.29 is 10.1 Å². The monoisotopic (exact) mass is 192 g/mol. The fourth-order valence-electron chi connectivity index (χ4n) is 0.700. The molecule has 0 aromatic rings. The van der Waals surface area contributed by atoms with E-state index in [9.17, 15) is 10.1 Å². The first-order valence-corrected chi connectivity index (χ1v) is 3.28. The summed E-state index contributed by atoms with van der Waals surface area (Å²) in [6, 6.07) is 0. The molecule has 3 N–H and O–H groups in total. The zero-order chi connectivity index (χ0) is 9.30. The third-order valence-electron chi connectivity index (χ3n) is 1.16. The van der Waals surface area contributed by atoms with Crippen LogP contribution in [-0.2, 0) is 0 Å². The molecule has 0 saturated carbocycles. The second-order valence-corrected chi connectivity index (χ2v) is 2.40. The van der Waals surface area contributed by atoms with E-state index in [1.807, 2.05) is 0 Å². The minimum atomic E-state index is -1.11. The predicted molar refractivity (Wildman–Crippen MR) is 40.8 cm³/mol. The van der Waals surface area contributed by atoms with Crippen molar-refractivity contribution >= 4 is 17.6 Å². The van der Waals surface area contributed by atoms with Crippen LogP contribution in [0.2, 0.25) is 0 Å². The van der Waals surface area contributed by atoms with Crippen LogP contribution in [0.15, 0.2) is 17.0 Å². The Balaban J connectivity index is 2.94. The van der Waals surface area contributed by atoms with Gasteiger partial charge in [0.05, 0.1) is 0 Å². The molecule has 12 heavy (non-hydrogen) atoms. The van der Waals surface area contributed by atoms with Crippen LogP contribution in [0.3, 0.4) is 0 Å². The van der Waals surface area contributed by atoms with Crippen molar-refractivity contribution in [2.24, 2.45) is 10.7 Å². The van der Waals surface area contributed by atoms with Gasteiger partial charge < -0.3 is 10.8 Å². The number of aliphatic imine (C=N–C) groups is 1. The number of nitro groups is 1. The van der Waals surface area contributed by atoms with Crippen LogP contribution in [0.5, 0.6) is 0 Å². The molecule has 0 aromatic heterocycles. The topological polar surface area (TPSA) is 105 Å². The number of hydrogen-bond donors (Lipinski definition) is 2. The van der Waals surface area contributed by atoms with E-state index in [-0.39, 0.29) is 0 Å². The summed E-state index contributed by atoms with van der Waals surface area (Å²) in [5.74, 6) is -0.870. The maximum absolute atomic E-state index is 10.3. The fraction of sp³-hybridized carbons (Fsp3) is 0.250. The molecule has 1 heterocycles. The highest BCUT2D eigenvalue weighted by atomic mass is 35.5. The summed E-state index contributed by atoms with van der Waals surface area (Å²) in [4.78, 5) is 13.5. The van der Waals surface area contributed by atoms with E-state index >= 15 is 0 Å². The van der Waals surface area contributed by atoms with Crippen LogP contribution in [0.25, 0.3) is 0 Å². The average Bonchev–Trinajstić information content (AvgIpc) is 1.82. The minimum Gasteiger partial charge on any atom is -0.493 e. The first-order chi connectivity index (χ1) is 5.52. The molecule has 8 heteroatoms. The molecule has 1 aliphatic rings. The zero-order valence-electron chi connectivity index (χ0n) is 5.72. The number of guanidine groups is 1. The Hall–Kier alpha value is -1.50.